The Morgan fingerprint density at radius 3 is 2.39 bits per heavy atom. The molecule has 2 atom stereocenters. The summed E-state index contributed by atoms with van der Waals surface area (Å²) in [5, 5.41) is -0.997. The molecule has 5 heteroatoms. The van der Waals surface area contributed by atoms with E-state index in [1.165, 1.54) is 0 Å². The van der Waals surface area contributed by atoms with Crippen molar-refractivity contribution in [1.82, 2.24) is 0 Å². The SMILES string of the molecule is CCC(CC(F)CCc1ccccc1)S(=O)(=O)O. The smallest absolute Gasteiger partial charge is 0.267 e. The first-order valence-corrected chi connectivity index (χ1v) is 7.58. The molecule has 1 aromatic carbocycles. The molecule has 0 heterocycles. The minimum absolute atomic E-state index is 0.137. The van der Waals surface area contributed by atoms with Gasteiger partial charge >= 0.3 is 0 Å². The molecule has 1 aromatic rings. The van der Waals surface area contributed by atoms with Crippen molar-refractivity contribution in [3.63, 3.8) is 0 Å². The molecule has 0 saturated carbocycles. The van der Waals surface area contributed by atoms with Crippen molar-refractivity contribution < 1.29 is 17.4 Å². The normalized spacial score (nSPS) is 15.3. The monoisotopic (exact) mass is 274 g/mol. The summed E-state index contributed by atoms with van der Waals surface area (Å²) in [5.74, 6) is 0. The highest BCUT2D eigenvalue weighted by molar-refractivity contribution is 7.86. The van der Waals surface area contributed by atoms with E-state index in [9.17, 15) is 12.8 Å². The second-order valence-corrected chi connectivity index (χ2v) is 6.10. The number of hydrogen-bond acceptors (Lipinski definition) is 2. The van der Waals surface area contributed by atoms with Crippen molar-refractivity contribution in [2.45, 2.75) is 44.0 Å². The summed E-state index contributed by atoms with van der Waals surface area (Å²) in [7, 11) is -4.13. The summed E-state index contributed by atoms with van der Waals surface area (Å²) in [4.78, 5) is 0. The van der Waals surface area contributed by atoms with Crippen LogP contribution in [0.3, 0.4) is 0 Å². The third-order valence-corrected chi connectivity index (χ3v) is 4.35. The summed E-state index contributed by atoms with van der Waals surface area (Å²) >= 11 is 0. The van der Waals surface area contributed by atoms with Gasteiger partial charge in [-0.3, -0.25) is 4.55 Å². The Labute approximate surface area is 108 Å². The summed E-state index contributed by atoms with van der Waals surface area (Å²) in [6, 6.07) is 9.48. The fourth-order valence-electron chi connectivity index (χ4n) is 1.87. The minimum atomic E-state index is -4.13. The fourth-order valence-corrected chi connectivity index (χ4v) is 2.74. The third kappa shape index (κ3) is 5.14. The van der Waals surface area contributed by atoms with Crippen LogP contribution in [0.1, 0.15) is 31.7 Å². The molecular weight excluding hydrogens is 255 g/mol. The molecule has 0 amide bonds. The number of alkyl halides is 1. The van der Waals surface area contributed by atoms with Crippen LogP contribution in [0.15, 0.2) is 30.3 Å². The first-order chi connectivity index (χ1) is 8.43. The van der Waals surface area contributed by atoms with Gasteiger partial charge in [0, 0.05) is 0 Å². The Balaban J connectivity index is 2.44. The second kappa shape index (κ2) is 6.85. The topological polar surface area (TPSA) is 54.4 Å². The summed E-state index contributed by atoms with van der Waals surface area (Å²) < 4.78 is 44.5. The molecule has 0 saturated heterocycles. The quantitative estimate of drug-likeness (QED) is 0.778. The molecule has 0 aliphatic rings. The molecule has 0 aromatic heterocycles. The van der Waals surface area contributed by atoms with Crippen molar-refractivity contribution in [2.75, 3.05) is 0 Å². The number of halogens is 1. The molecule has 0 spiro atoms. The van der Waals surface area contributed by atoms with Crippen molar-refractivity contribution in [2.24, 2.45) is 0 Å². The Bertz CT molecular complexity index is 445. The molecule has 1 rings (SSSR count). The van der Waals surface area contributed by atoms with Crippen molar-refractivity contribution >= 4 is 10.1 Å². The molecule has 0 aliphatic heterocycles. The fraction of sp³-hybridized carbons (Fsp3) is 0.538. The van der Waals surface area contributed by atoms with E-state index in [-0.39, 0.29) is 19.3 Å². The first-order valence-electron chi connectivity index (χ1n) is 6.07. The van der Waals surface area contributed by atoms with E-state index in [1.807, 2.05) is 30.3 Å². The van der Waals surface area contributed by atoms with Gasteiger partial charge in [0.15, 0.2) is 0 Å². The lowest BCUT2D eigenvalue weighted by Crippen LogP contribution is -2.24. The zero-order valence-corrected chi connectivity index (χ0v) is 11.2. The van der Waals surface area contributed by atoms with E-state index in [4.69, 9.17) is 4.55 Å². The molecule has 0 aliphatic carbocycles. The molecule has 0 fully saturated rings. The average molecular weight is 274 g/mol. The van der Waals surface area contributed by atoms with Gasteiger partial charge in [0.05, 0.1) is 5.25 Å². The lowest BCUT2D eigenvalue weighted by atomic mass is 10.0. The predicted octanol–water partition coefficient (Wildman–Crippen LogP) is 3.01. The number of benzene rings is 1. The van der Waals surface area contributed by atoms with Crippen LogP contribution in [-0.4, -0.2) is 24.4 Å². The van der Waals surface area contributed by atoms with Crippen molar-refractivity contribution in [3.05, 3.63) is 35.9 Å². The molecule has 18 heavy (non-hydrogen) atoms. The molecule has 102 valence electrons. The Morgan fingerprint density at radius 2 is 1.89 bits per heavy atom. The highest BCUT2D eigenvalue weighted by Gasteiger charge is 2.24. The second-order valence-electron chi connectivity index (χ2n) is 4.40. The maximum absolute atomic E-state index is 13.7. The average Bonchev–Trinajstić information content (AvgIpc) is 2.33. The van der Waals surface area contributed by atoms with Gasteiger partial charge in [-0.05, 0) is 31.2 Å². The maximum Gasteiger partial charge on any atom is 0.267 e. The highest BCUT2D eigenvalue weighted by Crippen LogP contribution is 2.17. The van der Waals surface area contributed by atoms with Gasteiger partial charge < -0.3 is 0 Å². The molecule has 2 unspecified atom stereocenters. The number of hydrogen-bond donors (Lipinski definition) is 1. The van der Waals surface area contributed by atoms with Gasteiger partial charge in [0.1, 0.15) is 6.17 Å². The van der Waals surface area contributed by atoms with E-state index >= 15 is 0 Å². The van der Waals surface area contributed by atoms with Gasteiger partial charge in [-0.25, -0.2) is 4.39 Å². The van der Waals surface area contributed by atoms with Gasteiger partial charge in [-0.1, -0.05) is 37.3 Å². The van der Waals surface area contributed by atoms with Crippen LogP contribution >= 0.6 is 0 Å². The van der Waals surface area contributed by atoms with E-state index in [0.717, 1.165) is 5.56 Å². The van der Waals surface area contributed by atoms with Crippen LogP contribution in [0.25, 0.3) is 0 Å². The molecule has 1 N–H and O–H groups in total. The lowest BCUT2D eigenvalue weighted by molar-refractivity contribution is 0.286. The summed E-state index contributed by atoms with van der Waals surface area (Å²) in [6.45, 7) is 1.63. The van der Waals surface area contributed by atoms with Crippen molar-refractivity contribution in [3.8, 4) is 0 Å². The van der Waals surface area contributed by atoms with Crippen LogP contribution in [0.2, 0.25) is 0 Å². The van der Waals surface area contributed by atoms with Crippen LogP contribution in [0.5, 0.6) is 0 Å². The van der Waals surface area contributed by atoms with E-state index in [0.29, 0.717) is 6.42 Å². The van der Waals surface area contributed by atoms with Crippen LogP contribution in [-0.2, 0) is 16.5 Å². The van der Waals surface area contributed by atoms with Crippen LogP contribution in [0, 0.1) is 0 Å². The van der Waals surface area contributed by atoms with E-state index < -0.39 is 21.5 Å². The van der Waals surface area contributed by atoms with Gasteiger partial charge in [0.25, 0.3) is 10.1 Å². The lowest BCUT2D eigenvalue weighted by Gasteiger charge is -2.14. The Kier molecular flexibility index (Phi) is 5.75. The molecule has 0 bridgehead atoms. The summed E-state index contributed by atoms with van der Waals surface area (Å²) in [5.41, 5.74) is 1.03. The minimum Gasteiger partial charge on any atom is -0.285 e. The van der Waals surface area contributed by atoms with Gasteiger partial charge in [-0.2, -0.15) is 8.42 Å². The standard InChI is InChI=1S/C13H19FO3S/c1-2-13(18(15,16)17)10-12(14)9-8-11-6-4-3-5-7-11/h3-7,12-13H,2,8-10H2,1H3,(H,15,16,17). The Hall–Kier alpha value is -0.940. The maximum atomic E-state index is 13.7. The summed E-state index contributed by atoms with van der Waals surface area (Å²) in [6.07, 6.45) is -0.274. The molecule has 0 radical (unpaired) electrons. The molecular formula is C13H19FO3S. The van der Waals surface area contributed by atoms with Gasteiger partial charge in [-0.15, -0.1) is 0 Å². The first kappa shape index (κ1) is 15.1. The third-order valence-electron chi connectivity index (χ3n) is 2.98. The van der Waals surface area contributed by atoms with Crippen LogP contribution in [0.4, 0.5) is 4.39 Å². The molecule has 3 nitrogen and oxygen atoms in total. The number of rotatable bonds is 7. The zero-order valence-electron chi connectivity index (χ0n) is 10.4. The van der Waals surface area contributed by atoms with Gasteiger partial charge in [0.2, 0.25) is 0 Å². The van der Waals surface area contributed by atoms with Crippen molar-refractivity contribution in [1.29, 1.82) is 0 Å². The van der Waals surface area contributed by atoms with E-state index in [2.05, 4.69) is 0 Å². The van der Waals surface area contributed by atoms with Crippen LogP contribution < -0.4 is 0 Å². The highest BCUT2D eigenvalue weighted by atomic mass is 32.2. The largest absolute Gasteiger partial charge is 0.285 e. The predicted molar refractivity (Wildman–Crippen MR) is 69.9 cm³/mol. The zero-order chi connectivity index (χ0) is 13.6. The number of aryl methyl sites for hydroxylation is 1. The van der Waals surface area contributed by atoms with E-state index in [1.54, 1.807) is 6.92 Å². The Morgan fingerprint density at radius 1 is 1.28 bits per heavy atom.